The summed E-state index contributed by atoms with van der Waals surface area (Å²) in [5.74, 6) is 3.34. The van der Waals surface area contributed by atoms with Crippen molar-refractivity contribution >= 4 is 17.5 Å². The highest BCUT2D eigenvalue weighted by Gasteiger charge is 2.31. The largest absolute Gasteiger partial charge is 0.496 e. The topological polar surface area (TPSA) is 71.1 Å². The molecule has 1 aliphatic heterocycles. The van der Waals surface area contributed by atoms with E-state index in [2.05, 4.69) is 15.2 Å². The normalized spacial score (nSPS) is 18.4. The van der Waals surface area contributed by atoms with Gasteiger partial charge in [-0.25, -0.2) is 4.98 Å². The van der Waals surface area contributed by atoms with Gasteiger partial charge >= 0.3 is 0 Å². The highest BCUT2D eigenvalue weighted by atomic mass is 35.5. The lowest BCUT2D eigenvalue weighted by atomic mass is 9.95. The van der Waals surface area contributed by atoms with E-state index in [0.29, 0.717) is 41.3 Å². The molecule has 4 rings (SSSR count). The molecular weight excluding hydrogens is 340 g/mol. The number of hydrogen-bond donors (Lipinski definition) is 1. The van der Waals surface area contributed by atoms with Crippen LogP contribution in [0.3, 0.4) is 0 Å². The maximum absolute atomic E-state index is 12.8. The van der Waals surface area contributed by atoms with Crippen LogP contribution < -0.4 is 4.74 Å². The van der Waals surface area contributed by atoms with Crippen LogP contribution in [0.25, 0.3) is 0 Å². The summed E-state index contributed by atoms with van der Waals surface area (Å²) < 4.78 is 5.30. The molecule has 0 bridgehead atoms. The fraction of sp³-hybridized carbons (Fsp3) is 0.500. The molecule has 1 amide bonds. The van der Waals surface area contributed by atoms with E-state index in [1.165, 1.54) is 12.8 Å². The first-order valence-corrected chi connectivity index (χ1v) is 9.08. The lowest BCUT2D eigenvalue weighted by Crippen LogP contribution is -2.38. The summed E-state index contributed by atoms with van der Waals surface area (Å²) in [6.07, 6.45) is 4.17. The fourth-order valence-electron chi connectivity index (χ4n) is 3.37. The smallest absolute Gasteiger partial charge is 0.257 e. The number of carbonyl (C=O) groups excluding carboxylic acids is 1. The average Bonchev–Trinajstić information content (AvgIpc) is 3.38. The quantitative estimate of drug-likeness (QED) is 0.907. The molecule has 1 N–H and O–H groups in total. The van der Waals surface area contributed by atoms with Gasteiger partial charge in [-0.2, -0.15) is 5.10 Å². The van der Waals surface area contributed by atoms with Crippen LogP contribution in [-0.2, 0) is 0 Å². The predicted molar refractivity (Wildman–Crippen MR) is 94.2 cm³/mol. The number of benzene rings is 1. The zero-order valence-electron chi connectivity index (χ0n) is 14.2. The third-order valence-electron chi connectivity index (χ3n) is 5.02. The van der Waals surface area contributed by atoms with E-state index in [-0.39, 0.29) is 5.91 Å². The van der Waals surface area contributed by atoms with Crippen molar-refractivity contribution in [3.8, 4) is 5.75 Å². The number of rotatable bonds is 4. The molecule has 25 heavy (non-hydrogen) atoms. The Morgan fingerprint density at radius 3 is 2.68 bits per heavy atom. The van der Waals surface area contributed by atoms with Crippen LogP contribution in [0.2, 0.25) is 5.02 Å². The number of hydrogen-bond acceptors (Lipinski definition) is 4. The van der Waals surface area contributed by atoms with E-state index < -0.39 is 0 Å². The van der Waals surface area contributed by atoms with E-state index in [1.807, 2.05) is 4.90 Å². The number of carbonyl (C=O) groups is 1. The van der Waals surface area contributed by atoms with E-state index in [4.69, 9.17) is 16.3 Å². The first-order chi connectivity index (χ1) is 12.2. The van der Waals surface area contributed by atoms with Gasteiger partial charge in [-0.1, -0.05) is 11.6 Å². The van der Waals surface area contributed by atoms with Gasteiger partial charge < -0.3 is 9.64 Å². The minimum Gasteiger partial charge on any atom is -0.496 e. The molecule has 1 aromatic heterocycles. The second-order valence-corrected chi connectivity index (χ2v) is 7.20. The van der Waals surface area contributed by atoms with Crippen LogP contribution >= 0.6 is 11.6 Å². The minimum absolute atomic E-state index is 0.0333. The Morgan fingerprint density at radius 2 is 2.00 bits per heavy atom. The number of nitrogens with one attached hydrogen (secondary N) is 1. The van der Waals surface area contributed by atoms with Crippen LogP contribution in [0, 0.1) is 0 Å². The van der Waals surface area contributed by atoms with E-state index >= 15 is 0 Å². The molecule has 2 aliphatic rings. The Bertz CT molecular complexity index is 779. The highest BCUT2D eigenvalue weighted by Crippen LogP contribution is 2.38. The lowest BCUT2D eigenvalue weighted by Gasteiger charge is -2.31. The lowest BCUT2D eigenvalue weighted by molar-refractivity contribution is 0.0707. The second-order valence-electron chi connectivity index (χ2n) is 6.76. The predicted octanol–water partition coefficient (Wildman–Crippen LogP) is 3.36. The minimum atomic E-state index is -0.0333. The second kappa shape index (κ2) is 6.67. The van der Waals surface area contributed by atoms with Crippen LogP contribution in [0.1, 0.15) is 59.5 Å². The number of nitrogens with zero attached hydrogens (tertiary/aromatic N) is 3. The maximum Gasteiger partial charge on any atom is 0.257 e. The zero-order valence-corrected chi connectivity index (χ0v) is 14.9. The molecule has 1 aliphatic carbocycles. The summed E-state index contributed by atoms with van der Waals surface area (Å²) in [7, 11) is 1.56. The maximum atomic E-state index is 12.8. The molecular formula is C18H21ClN4O2. The number of aromatic amines is 1. The third-order valence-corrected chi connectivity index (χ3v) is 5.26. The number of piperidine rings is 1. The number of aromatic nitrogens is 3. The molecule has 7 heteroatoms. The molecule has 0 radical (unpaired) electrons. The number of halogens is 1. The van der Waals surface area contributed by atoms with Gasteiger partial charge in [-0.05, 0) is 43.9 Å². The van der Waals surface area contributed by atoms with Crippen molar-refractivity contribution in [2.75, 3.05) is 20.2 Å². The summed E-state index contributed by atoms with van der Waals surface area (Å²) in [6, 6.07) is 5.13. The van der Waals surface area contributed by atoms with E-state index in [0.717, 1.165) is 24.5 Å². The molecule has 2 heterocycles. The van der Waals surface area contributed by atoms with E-state index in [9.17, 15) is 4.79 Å². The Kier molecular flexibility index (Phi) is 4.37. The molecule has 1 saturated heterocycles. The number of H-pyrrole nitrogens is 1. The van der Waals surface area contributed by atoms with Crippen LogP contribution in [-0.4, -0.2) is 46.2 Å². The molecule has 132 valence electrons. The standard InChI is InChI=1S/C18H21ClN4O2/c1-25-15-5-4-13(19)10-14(15)18(24)23-8-6-12(7-9-23)17-20-16(21-22-17)11-2-3-11/h4-5,10-12H,2-3,6-9H2,1H3,(H,20,21,22). The Hall–Kier alpha value is -2.08. The van der Waals surface area contributed by atoms with Crippen LogP contribution in [0.5, 0.6) is 5.75 Å². The van der Waals surface area contributed by atoms with Gasteiger partial charge in [0.05, 0.1) is 12.7 Å². The van der Waals surface area contributed by atoms with Crippen molar-refractivity contribution in [3.05, 3.63) is 40.4 Å². The number of amides is 1. The Morgan fingerprint density at radius 1 is 1.24 bits per heavy atom. The molecule has 2 aromatic rings. The number of ether oxygens (including phenoxy) is 1. The van der Waals surface area contributed by atoms with Gasteiger partial charge in [-0.15, -0.1) is 0 Å². The highest BCUT2D eigenvalue weighted by molar-refractivity contribution is 6.31. The van der Waals surface area contributed by atoms with Crippen LogP contribution in [0.4, 0.5) is 0 Å². The van der Waals surface area contributed by atoms with E-state index in [1.54, 1.807) is 25.3 Å². The van der Waals surface area contributed by atoms with Crippen LogP contribution in [0.15, 0.2) is 18.2 Å². The summed E-state index contributed by atoms with van der Waals surface area (Å²) >= 11 is 6.05. The molecule has 6 nitrogen and oxygen atoms in total. The van der Waals surface area contributed by atoms with Crippen molar-refractivity contribution in [1.82, 2.24) is 20.1 Å². The summed E-state index contributed by atoms with van der Waals surface area (Å²) in [4.78, 5) is 19.3. The van der Waals surface area contributed by atoms with Crippen molar-refractivity contribution in [3.63, 3.8) is 0 Å². The molecule has 0 atom stereocenters. The Labute approximate surface area is 151 Å². The first kappa shape index (κ1) is 16.4. The Balaban J connectivity index is 1.42. The SMILES string of the molecule is COc1ccc(Cl)cc1C(=O)N1CCC(c2nc(C3CC3)n[nH]2)CC1. The summed E-state index contributed by atoms with van der Waals surface area (Å²) in [5, 5.41) is 7.97. The van der Waals surface area contributed by atoms with Gasteiger partial charge in [0.2, 0.25) is 0 Å². The molecule has 2 fully saturated rings. The first-order valence-electron chi connectivity index (χ1n) is 8.70. The number of likely N-dealkylation sites (tertiary alicyclic amines) is 1. The molecule has 0 unspecified atom stereocenters. The van der Waals surface area contributed by atoms with Gasteiger partial charge in [0.15, 0.2) is 5.82 Å². The number of methoxy groups -OCH3 is 1. The van der Waals surface area contributed by atoms with Crippen molar-refractivity contribution < 1.29 is 9.53 Å². The molecule has 0 spiro atoms. The molecule has 1 aromatic carbocycles. The summed E-state index contributed by atoms with van der Waals surface area (Å²) in [6.45, 7) is 1.39. The van der Waals surface area contributed by atoms with Crippen molar-refractivity contribution in [2.45, 2.75) is 37.5 Å². The van der Waals surface area contributed by atoms with Gasteiger partial charge in [-0.3, -0.25) is 9.89 Å². The van der Waals surface area contributed by atoms with Gasteiger partial charge in [0.25, 0.3) is 5.91 Å². The third kappa shape index (κ3) is 3.35. The van der Waals surface area contributed by atoms with Gasteiger partial charge in [0.1, 0.15) is 11.6 Å². The zero-order chi connectivity index (χ0) is 17.4. The summed E-state index contributed by atoms with van der Waals surface area (Å²) in [5.41, 5.74) is 0.518. The van der Waals surface area contributed by atoms with Crippen molar-refractivity contribution in [1.29, 1.82) is 0 Å². The average molecular weight is 361 g/mol. The van der Waals surface area contributed by atoms with Crippen molar-refractivity contribution in [2.24, 2.45) is 0 Å². The fourth-order valence-corrected chi connectivity index (χ4v) is 3.54. The molecule has 1 saturated carbocycles. The monoisotopic (exact) mass is 360 g/mol. The van der Waals surface area contributed by atoms with Gasteiger partial charge in [0, 0.05) is 29.9 Å².